The van der Waals surface area contributed by atoms with Crippen molar-refractivity contribution >= 4 is 5.97 Å². The SMILES string of the molecule is CCCCCCCCC(C)(CCCCCC)COC(=O)CCCCC. The van der Waals surface area contributed by atoms with Gasteiger partial charge in [0, 0.05) is 11.8 Å². The molecule has 150 valence electrons. The summed E-state index contributed by atoms with van der Waals surface area (Å²) in [6.45, 7) is 9.65. The topological polar surface area (TPSA) is 26.3 Å². The molecule has 0 heterocycles. The summed E-state index contributed by atoms with van der Waals surface area (Å²) in [7, 11) is 0. The number of carbonyl (C=O) groups is 1. The van der Waals surface area contributed by atoms with E-state index >= 15 is 0 Å². The summed E-state index contributed by atoms with van der Waals surface area (Å²) in [6.07, 6.45) is 19.4. The molecule has 1 atom stereocenters. The molecule has 0 bridgehead atoms. The molecule has 1 unspecified atom stereocenters. The van der Waals surface area contributed by atoms with E-state index in [2.05, 4.69) is 27.7 Å². The van der Waals surface area contributed by atoms with Gasteiger partial charge in [0.2, 0.25) is 0 Å². The first-order valence-electron chi connectivity index (χ1n) is 11.2. The fourth-order valence-electron chi connectivity index (χ4n) is 3.43. The molecular formula is C23H46O2. The Morgan fingerprint density at radius 3 is 1.68 bits per heavy atom. The van der Waals surface area contributed by atoms with Crippen LogP contribution in [0.3, 0.4) is 0 Å². The van der Waals surface area contributed by atoms with E-state index in [-0.39, 0.29) is 11.4 Å². The standard InChI is InChI=1S/C23H46O2/c1-5-8-11-13-14-17-20-23(4,19-16-12-9-6-2)21-25-22(24)18-15-10-7-3/h5-21H2,1-4H3. The molecule has 0 saturated heterocycles. The second-order valence-electron chi connectivity index (χ2n) is 8.26. The lowest BCUT2D eigenvalue weighted by molar-refractivity contribution is -0.147. The van der Waals surface area contributed by atoms with Crippen LogP contribution in [0.4, 0.5) is 0 Å². The van der Waals surface area contributed by atoms with Crippen molar-refractivity contribution in [2.45, 2.75) is 130 Å². The van der Waals surface area contributed by atoms with Crippen LogP contribution >= 0.6 is 0 Å². The zero-order valence-corrected chi connectivity index (χ0v) is 17.8. The average molecular weight is 355 g/mol. The molecule has 0 aromatic heterocycles. The number of carbonyl (C=O) groups excluding carboxylic acids is 1. The van der Waals surface area contributed by atoms with Crippen molar-refractivity contribution in [3.05, 3.63) is 0 Å². The molecule has 2 nitrogen and oxygen atoms in total. The Labute approximate surface area is 158 Å². The predicted octanol–water partition coefficient (Wildman–Crippen LogP) is 7.84. The van der Waals surface area contributed by atoms with E-state index in [0.29, 0.717) is 13.0 Å². The largest absolute Gasteiger partial charge is 0.465 e. The zero-order valence-electron chi connectivity index (χ0n) is 17.8. The van der Waals surface area contributed by atoms with Crippen molar-refractivity contribution in [2.75, 3.05) is 6.61 Å². The van der Waals surface area contributed by atoms with Gasteiger partial charge in [-0.1, -0.05) is 105 Å². The van der Waals surface area contributed by atoms with Gasteiger partial charge in [0.05, 0.1) is 6.61 Å². The van der Waals surface area contributed by atoms with E-state index in [0.717, 1.165) is 19.3 Å². The van der Waals surface area contributed by atoms with Crippen LogP contribution in [0.2, 0.25) is 0 Å². The third-order valence-electron chi connectivity index (χ3n) is 5.33. The third kappa shape index (κ3) is 15.4. The first kappa shape index (κ1) is 24.5. The third-order valence-corrected chi connectivity index (χ3v) is 5.33. The van der Waals surface area contributed by atoms with Crippen molar-refractivity contribution in [3.63, 3.8) is 0 Å². The maximum Gasteiger partial charge on any atom is 0.305 e. The Morgan fingerprint density at radius 1 is 0.680 bits per heavy atom. The van der Waals surface area contributed by atoms with E-state index in [1.807, 2.05) is 0 Å². The van der Waals surface area contributed by atoms with Gasteiger partial charge in [-0.05, 0) is 19.3 Å². The summed E-state index contributed by atoms with van der Waals surface area (Å²) in [6, 6.07) is 0. The second-order valence-corrected chi connectivity index (χ2v) is 8.26. The molecule has 2 heteroatoms. The van der Waals surface area contributed by atoms with Gasteiger partial charge in [-0.15, -0.1) is 0 Å². The minimum atomic E-state index is 0.0104. The normalized spacial score (nSPS) is 13.6. The first-order chi connectivity index (χ1) is 12.1. The van der Waals surface area contributed by atoms with Crippen molar-refractivity contribution in [2.24, 2.45) is 5.41 Å². The molecular weight excluding hydrogens is 308 g/mol. The molecule has 0 aromatic carbocycles. The van der Waals surface area contributed by atoms with E-state index in [1.54, 1.807) is 0 Å². The van der Waals surface area contributed by atoms with E-state index in [1.165, 1.54) is 77.0 Å². The van der Waals surface area contributed by atoms with Crippen LogP contribution in [0.5, 0.6) is 0 Å². The van der Waals surface area contributed by atoms with Crippen LogP contribution in [0.25, 0.3) is 0 Å². The van der Waals surface area contributed by atoms with Crippen molar-refractivity contribution in [3.8, 4) is 0 Å². The minimum Gasteiger partial charge on any atom is -0.465 e. The van der Waals surface area contributed by atoms with Gasteiger partial charge >= 0.3 is 5.97 Å². The minimum absolute atomic E-state index is 0.0104. The van der Waals surface area contributed by atoms with Crippen LogP contribution in [-0.2, 0) is 9.53 Å². The Kier molecular flexibility index (Phi) is 16.6. The highest BCUT2D eigenvalue weighted by atomic mass is 16.5. The number of hydrogen-bond acceptors (Lipinski definition) is 2. The second kappa shape index (κ2) is 16.9. The fourth-order valence-corrected chi connectivity index (χ4v) is 3.43. The number of ether oxygens (including phenoxy) is 1. The van der Waals surface area contributed by atoms with Gasteiger partial charge in [-0.3, -0.25) is 4.79 Å². The average Bonchev–Trinajstić information content (AvgIpc) is 2.60. The monoisotopic (exact) mass is 354 g/mol. The first-order valence-corrected chi connectivity index (χ1v) is 11.2. The molecule has 0 fully saturated rings. The van der Waals surface area contributed by atoms with E-state index < -0.39 is 0 Å². The summed E-state index contributed by atoms with van der Waals surface area (Å²) < 4.78 is 5.67. The van der Waals surface area contributed by atoms with Crippen molar-refractivity contribution in [1.82, 2.24) is 0 Å². The maximum absolute atomic E-state index is 12.0. The number of unbranched alkanes of at least 4 members (excludes halogenated alkanes) is 10. The highest BCUT2D eigenvalue weighted by Crippen LogP contribution is 2.32. The van der Waals surface area contributed by atoms with Crippen LogP contribution < -0.4 is 0 Å². The Bertz CT molecular complexity index is 300. The quantitative estimate of drug-likeness (QED) is 0.185. The molecule has 25 heavy (non-hydrogen) atoms. The van der Waals surface area contributed by atoms with E-state index in [4.69, 9.17) is 4.74 Å². The summed E-state index contributed by atoms with van der Waals surface area (Å²) in [5, 5.41) is 0. The molecule has 0 radical (unpaired) electrons. The zero-order chi connectivity index (χ0) is 18.8. The summed E-state index contributed by atoms with van der Waals surface area (Å²) in [5.41, 5.74) is 0.179. The van der Waals surface area contributed by atoms with Crippen LogP contribution in [0, 0.1) is 5.41 Å². The number of hydrogen-bond donors (Lipinski definition) is 0. The van der Waals surface area contributed by atoms with Crippen LogP contribution in [0.1, 0.15) is 130 Å². The molecule has 0 aliphatic rings. The Balaban J connectivity index is 4.19. The van der Waals surface area contributed by atoms with Crippen LogP contribution in [-0.4, -0.2) is 12.6 Å². The highest BCUT2D eigenvalue weighted by molar-refractivity contribution is 5.69. The Morgan fingerprint density at radius 2 is 1.12 bits per heavy atom. The number of esters is 1. The lowest BCUT2D eigenvalue weighted by atomic mass is 9.80. The lowest BCUT2D eigenvalue weighted by Gasteiger charge is -2.29. The van der Waals surface area contributed by atoms with Crippen LogP contribution in [0.15, 0.2) is 0 Å². The Hall–Kier alpha value is -0.530. The van der Waals surface area contributed by atoms with Crippen molar-refractivity contribution < 1.29 is 9.53 Å². The summed E-state index contributed by atoms with van der Waals surface area (Å²) >= 11 is 0. The molecule has 0 aromatic rings. The molecule has 0 aliphatic carbocycles. The molecule has 0 amide bonds. The van der Waals surface area contributed by atoms with Gasteiger partial charge < -0.3 is 4.74 Å². The van der Waals surface area contributed by atoms with Gasteiger partial charge in [-0.2, -0.15) is 0 Å². The van der Waals surface area contributed by atoms with Gasteiger partial charge in [0.15, 0.2) is 0 Å². The molecule has 0 aliphatic heterocycles. The smallest absolute Gasteiger partial charge is 0.305 e. The van der Waals surface area contributed by atoms with Gasteiger partial charge in [0.25, 0.3) is 0 Å². The van der Waals surface area contributed by atoms with Gasteiger partial charge in [-0.25, -0.2) is 0 Å². The fraction of sp³-hybridized carbons (Fsp3) is 0.957. The summed E-state index contributed by atoms with van der Waals surface area (Å²) in [4.78, 5) is 12.0. The summed E-state index contributed by atoms with van der Waals surface area (Å²) in [5.74, 6) is 0.0104. The predicted molar refractivity (Wildman–Crippen MR) is 110 cm³/mol. The molecule has 0 N–H and O–H groups in total. The molecule has 0 rings (SSSR count). The number of rotatable bonds is 18. The van der Waals surface area contributed by atoms with E-state index in [9.17, 15) is 4.79 Å². The highest BCUT2D eigenvalue weighted by Gasteiger charge is 2.25. The molecule has 0 spiro atoms. The maximum atomic E-state index is 12.0. The lowest BCUT2D eigenvalue weighted by Crippen LogP contribution is -2.25. The molecule has 0 saturated carbocycles. The van der Waals surface area contributed by atoms with Gasteiger partial charge in [0.1, 0.15) is 0 Å². The van der Waals surface area contributed by atoms with Crippen molar-refractivity contribution in [1.29, 1.82) is 0 Å².